The average Bonchev–Trinajstić information content (AvgIpc) is 2.58. The van der Waals surface area contributed by atoms with E-state index in [9.17, 15) is 33.4 Å². The Bertz CT molecular complexity index is 547. The largest absolute Gasteiger partial charge is 1.00 e. The first kappa shape index (κ1) is 28.2. The molecule has 1 aliphatic rings. The van der Waals surface area contributed by atoms with Crippen LogP contribution in [0.1, 0.15) is 45.4 Å². The van der Waals surface area contributed by atoms with Crippen molar-refractivity contribution in [3.63, 3.8) is 0 Å². The van der Waals surface area contributed by atoms with Gasteiger partial charge in [-0.3, -0.25) is 4.28 Å². The molecule has 4 N–H and O–H groups in total. The van der Waals surface area contributed by atoms with Gasteiger partial charge in [0.2, 0.25) is 0 Å². The molecule has 0 bridgehead atoms. The molecule has 1 aliphatic heterocycles. The van der Waals surface area contributed by atoms with Crippen molar-refractivity contribution in [2.45, 2.75) is 75.3 Å². The van der Waals surface area contributed by atoms with E-state index >= 15 is 0 Å². The maximum absolute atomic E-state index is 10.6. The summed E-state index contributed by atoms with van der Waals surface area (Å²) in [6.45, 7) is 1.48. The van der Waals surface area contributed by atoms with Crippen LogP contribution < -0.4 is 51.4 Å². The van der Waals surface area contributed by atoms with Gasteiger partial charge in [-0.2, -0.15) is 8.42 Å². The Morgan fingerprint density at radius 3 is 2.33 bits per heavy atom. The van der Waals surface area contributed by atoms with E-state index in [-0.39, 0.29) is 62.8 Å². The van der Waals surface area contributed by atoms with Crippen LogP contribution in [0, 0.1) is 0 Å². The van der Waals surface area contributed by atoms with Gasteiger partial charge in [-0.15, -0.1) is 0 Å². The molecule has 0 unspecified atom stereocenters. The van der Waals surface area contributed by atoms with Gasteiger partial charge in [0, 0.05) is 0 Å². The summed E-state index contributed by atoms with van der Waals surface area (Å²) in [7, 11) is -5.03. The molecule has 0 aromatic carbocycles. The third-order valence-electron chi connectivity index (χ3n) is 3.83. The molecule has 0 saturated carbocycles. The summed E-state index contributed by atoms with van der Waals surface area (Å²) in [6, 6.07) is 0. The van der Waals surface area contributed by atoms with Crippen LogP contribution in [0.25, 0.3) is 0 Å². The SMILES string of the molecule is CCCCCCC/C(=N/OS(=O)(=O)[O-])S[C@@H]1O[C@H](CO)[C@@H](O)[C@H](O)[C@H]1O.[K+]. The molecule has 1 heterocycles. The van der Waals surface area contributed by atoms with Crippen molar-refractivity contribution < 1.29 is 93.8 Å². The normalized spacial score (nSPS) is 29.3. The summed E-state index contributed by atoms with van der Waals surface area (Å²) in [5, 5.41) is 42.2. The molecular formula is C14H26KNO9S2. The topological polar surface area (TPSA) is 169 Å². The van der Waals surface area contributed by atoms with Crippen molar-refractivity contribution in [2.75, 3.05) is 6.61 Å². The zero-order valence-corrected chi connectivity index (χ0v) is 20.2. The van der Waals surface area contributed by atoms with Crippen LogP contribution in [-0.4, -0.2) is 74.9 Å². The van der Waals surface area contributed by atoms with Crippen LogP contribution in [0.15, 0.2) is 5.16 Å². The van der Waals surface area contributed by atoms with Crippen LogP contribution in [0.5, 0.6) is 0 Å². The number of aliphatic hydroxyl groups excluding tert-OH is 4. The van der Waals surface area contributed by atoms with Crippen LogP contribution in [0.2, 0.25) is 0 Å². The quantitative estimate of drug-likeness (QED) is 0.0497. The number of hydrogen-bond donors (Lipinski definition) is 4. The maximum Gasteiger partial charge on any atom is 1.00 e. The number of thioether (sulfide) groups is 1. The second kappa shape index (κ2) is 14.2. The Kier molecular flexibility index (Phi) is 14.8. The maximum atomic E-state index is 10.6. The number of unbranched alkanes of at least 4 members (excludes halogenated alkanes) is 4. The Hall–Kier alpha value is 1.17. The summed E-state index contributed by atoms with van der Waals surface area (Å²) in [6.07, 6.45) is -0.803. The first-order valence-electron chi connectivity index (χ1n) is 8.38. The van der Waals surface area contributed by atoms with Crippen molar-refractivity contribution in [3.8, 4) is 0 Å². The standard InChI is InChI=1S/C14H27NO9S2.K/c1-2-3-4-5-6-7-10(15-24-26(20,21)22)25-14-13(19)12(18)11(17)9(8-16)23-14;/h9,11-14,16-19H,2-8H2,1H3,(H,20,21,22);/q;+1/p-1/b15-10-;/t9-,11-,12+,13-,14+;/m1./s1. The second-order valence-electron chi connectivity index (χ2n) is 5.95. The van der Waals surface area contributed by atoms with Crippen molar-refractivity contribution in [1.29, 1.82) is 0 Å². The molecule has 0 aromatic heterocycles. The molecule has 1 fully saturated rings. The van der Waals surface area contributed by atoms with Crippen molar-refractivity contribution in [2.24, 2.45) is 5.16 Å². The number of hydrogen-bond acceptors (Lipinski definition) is 11. The van der Waals surface area contributed by atoms with Crippen LogP contribution in [0.3, 0.4) is 0 Å². The van der Waals surface area contributed by atoms with Crippen molar-refractivity contribution >= 4 is 27.2 Å². The minimum absolute atomic E-state index is 0. The Balaban J connectivity index is 0.00000676. The number of rotatable bonds is 10. The third kappa shape index (κ3) is 10.7. The second-order valence-corrected chi connectivity index (χ2v) is 8.08. The summed E-state index contributed by atoms with van der Waals surface area (Å²) >= 11 is 0.770. The monoisotopic (exact) mass is 455 g/mol. The van der Waals surface area contributed by atoms with E-state index in [1.54, 1.807) is 0 Å². The van der Waals surface area contributed by atoms with Gasteiger partial charge < -0.3 is 29.7 Å². The molecule has 0 aliphatic carbocycles. The van der Waals surface area contributed by atoms with Crippen molar-refractivity contribution in [1.82, 2.24) is 0 Å². The molecule has 154 valence electrons. The predicted octanol–water partition coefficient (Wildman–Crippen LogP) is -3.33. The molecular weight excluding hydrogens is 429 g/mol. The van der Waals surface area contributed by atoms with Gasteiger partial charge in [0.25, 0.3) is 10.4 Å². The van der Waals surface area contributed by atoms with Gasteiger partial charge in [0.15, 0.2) is 0 Å². The zero-order chi connectivity index (χ0) is 19.7. The molecule has 1 rings (SSSR count). The predicted molar refractivity (Wildman–Crippen MR) is 93.0 cm³/mol. The fourth-order valence-corrected chi connectivity index (χ4v) is 3.73. The molecule has 0 aromatic rings. The molecule has 10 nitrogen and oxygen atoms in total. The van der Waals surface area contributed by atoms with Crippen LogP contribution >= 0.6 is 11.8 Å². The van der Waals surface area contributed by atoms with Crippen LogP contribution in [0.4, 0.5) is 0 Å². The van der Waals surface area contributed by atoms with Gasteiger partial charge in [0.1, 0.15) is 34.9 Å². The van der Waals surface area contributed by atoms with Gasteiger partial charge in [-0.05, 0) is 12.8 Å². The smallest absolute Gasteiger partial charge is 0.714 e. The number of oxime groups is 1. The van der Waals surface area contributed by atoms with E-state index in [0.717, 1.165) is 37.4 Å². The first-order valence-corrected chi connectivity index (χ1v) is 10.6. The zero-order valence-electron chi connectivity index (χ0n) is 15.4. The van der Waals surface area contributed by atoms with Gasteiger partial charge in [-0.1, -0.05) is 49.5 Å². The molecule has 0 spiro atoms. The fraction of sp³-hybridized carbons (Fsp3) is 0.929. The molecule has 27 heavy (non-hydrogen) atoms. The van der Waals surface area contributed by atoms with E-state index in [0.29, 0.717) is 6.42 Å². The Morgan fingerprint density at radius 1 is 1.15 bits per heavy atom. The van der Waals surface area contributed by atoms with Gasteiger partial charge in [-0.25, -0.2) is 0 Å². The number of ether oxygens (including phenoxy) is 1. The molecule has 5 atom stereocenters. The first-order chi connectivity index (χ1) is 12.2. The Labute approximate surface area is 206 Å². The van der Waals surface area contributed by atoms with E-state index in [1.165, 1.54) is 0 Å². The summed E-state index contributed by atoms with van der Waals surface area (Å²) in [4.78, 5) is 0. The van der Waals surface area contributed by atoms with Gasteiger partial charge in [0.05, 0.1) is 6.61 Å². The van der Waals surface area contributed by atoms with Gasteiger partial charge >= 0.3 is 51.4 Å². The summed E-state index contributed by atoms with van der Waals surface area (Å²) < 4.78 is 41.1. The summed E-state index contributed by atoms with van der Waals surface area (Å²) in [5.41, 5.74) is -1.13. The average molecular weight is 456 g/mol. The molecule has 1 saturated heterocycles. The van der Waals surface area contributed by atoms with E-state index in [1.807, 2.05) is 0 Å². The van der Waals surface area contributed by atoms with E-state index < -0.39 is 46.9 Å². The number of aliphatic hydroxyl groups is 4. The molecule has 0 amide bonds. The minimum atomic E-state index is -5.03. The van der Waals surface area contributed by atoms with Crippen LogP contribution in [-0.2, 0) is 19.4 Å². The summed E-state index contributed by atoms with van der Waals surface area (Å²) in [5.74, 6) is 0. The number of nitrogens with zero attached hydrogens (tertiary/aromatic N) is 1. The Morgan fingerprint density at radius 2 is 1.78 bits per heavy atom. The fourth-order valence-electron chi connectivity index (χ4n) is 2.39. The molecule has 13 heteroatoms. The van der Waals surface area contributed by atoms with E-state index in [4.69, 9.17) is 4.74 Å². The van der Waals surface area contributed by atoms with E-state index in [2.05, 4.69) is 16.4 Å². The van der Waals surface area contributed by atoms with Crippen molar-refractivity contribution in [3.05, 3.63) is 0 Å². The third-order valence-corrected chi connectivity index (χ3v) is 5.26. The minimum Gasteiger partial charge on any atom is -0.714 e. The molecule has 0 radical (unpaired) electrons.